The average Bonchev–Trinajstić information content (AvgIpc) is 3.32. The highest BCUT2D eigenvalue weighted by Gasteiger charge is 2.25. The zero-order chi connectivity index (χ0) is 19.3. The first kappa shape index (κ1) is 16.9. The van der Waals surface area contributed by atoms with Crippen LogP contribution in [0.1, 0.15) is 34.2 Å². The molecular weight excluding hydrogens is 348 g/mol. The van der Waals surface area contributed by atoms with Crippen molar-refractivity contribution in [1.29, 1.82) is 0 Å². The Morgan fingerprint density at radius 1 is 1.33 bits per heavy atom. The van der Waals surface area contributed by atoms with E-state index in [0.717, 1.165) is 11.1 Å². The number of pyridine rings is 1. The molecule has 3 N–H and O–H groups in total. The summed E-state index contributed by atoms with van der Waals surface area (Å²) in [5, 5.41) is 19.1. The summed E-state index contributed by atoms with van der Waals surface area (Å²) >= 11 is 0. The molecule has 0 fully saturated rings. The Hall–Kier alpha value is -3.56. The molecule has 0 saturated carbocycles. The van der Waals surface area contributed by atoms with E-state index in [-0.39, 0.29) is 11.4 Å². The van der Waals surface area contributed by atoms with Crippen molar-refractivity contribution in [3.8, 4) is 28.8 Å². The van der Waals surface area contributed by atoms with E-state index in [1.165, 1.54) is 0 Å². The van der Waals surface area contributed by atoms with E-state index in [9.17, 15) is 9.90 Å². The van der Waals surface area contributed by atoms with Crippen LogP contribution in [0.5, 0.6) is 5.75 Å². The van der Waals surface area contributed by atoms with E-state index in [2.05, 4.69) is 25.2 Å². The number of hydrogen-bond donors (Lipinski definition) is 2. The van der Waals surface area contributed by atoms with Gasteiger partial charge in [-0.05, 0) is 25.5 Å². The normalized spacial score (nSPS) is 12.6. The minimum absolute atomic E-state index is 0.0413. The first-order valence-corrected chi connectivity index (χ1v) is 8.42. The Morgan fingerprint density at radius 3 is 2.81 bits per heavy atom. The second-order valence-corrected chi connectivity index (χ2v) is 6.24. The smallest absolute Gasteiger partial charge is 0.267 e. The number of primary amides is 1. The Kier molecular flexibility index (Phi) is 3.76. The summed E-state index contributed by atoms with van der Waals surface area (Å²) in [4.78, 5) is 24.9. The zero-order valence-corrected chi connectivity index (χ0v) is 15.1. The summed E-state index contributed by atoms with van der Waals surface area (Å²) in [6.45, 7) is 4.65. The summed E-state index contributed by atoms with van der Waals surface area (Å²) in [6.07, 6.45) is 1.70. The molecule has 4 rings (SSSR count). The van der Waals surface area contributed by atoms with Gasteiger partial charge in [-0.3, -0.25) is 14.5 Å². The summed E-state index contributed by atoms with van der Waals surface area (Å²) in [5.74, 6) is 0.186. The molecule has 0 unspecified atom stereocenters. The third-order valence-corrected chi connectivity index (χ3v) is 4.46. The van der Waals surface area contributed by atoms with Crippen LogP contribution in [-0.2, 0) is 20.1 Å². The molecule has 138 valence electrons. The van der Waals surface area contributed by atoms with Crippen LogP contribution in [0.4, 0.5) is 0 Å². The standard InChI is InChI=1S/C17H18N8O2/c1-4-25-13(14(26)8(2)22-25)16-21-17(24(3)23-16)12-10-7-19-6-9(10)5-11(20-12)15(18)27/h5,7,26H,4,6H2,1-3H3,(H2,18,27). The molecule has 0 aliphatic carbocycles. The van der Waals surface area contributed by atoms with Gasteiger partial charge < -0.3 is 10.8 Å². The van der Waals surface area contributed by atoms with Gasteiger partial charge in [-0.25, -0.2) is 14.6 Å². The van der Waals surface area contributed by atoms with Gasteiger partial charge in [-0.1, -0.05) is 0 Å². The molecular formula is C17H18N8O2. The number of fused-ring (bicyclic) bond motifs is 1. The predicted octanol–water partition coefficient (Wildman–Crippen LogP) is 0.806. The first-order chi connectivity index (χ1) is 12.9. The van der Waals surface area contributed by atoms with Crippen LogP contribution in [0, 0.1) is 6.92 Å². The SMILES string of the molecule is CCn1nc(C)c(O)c1-c1nc(-c2nc(C(N)=O)cc3c2C=NC3)n(C)n1. The number of aryl methyl sites for hydroxylation is 3. The maximum absolute atomic E-state index is 11.7. The fourth-order valence-corrected chi connectivity index (χ4v) is 3.13. The molecule has 10 heteroatoms. The summed E-state index contributed by atoms with van der Waals surface area (Å²) < 4.78 is 3.19. The number of hydrogen-bond acceptors (Lipinski definition) is 7. The van der Waals surface area contributed by atoms with Crippen molar-refractivity contribution in [2.24, 2.45) is 17.8 Å². The van der Waals surface area contributed by atoms with Gasteiger partial charge in [0.2, 0.25) is 5.82 Å². The van der Waals surface area contributed by atoms with Crippen LogP contribution in [0.3, 0.4) is 0 Å². The molecule has 3 aromatic rings. The van der Waals surface area contributed by atoms with Crippen molar-refractivity contribution in [2.75, 3.05) is 0 Å². The van der Waals surface area contributed by atoms with E-state index in [1.54, 1.807) is 35.6 Å². The van der Waals surface area contributed by atoms with Crippen LogP contribution < -0.4 is 5.73 Å². The third kappa shape index (κ3) is 2.57. The molecule has 0 spiro atoms. The van der Waals surface area contributed by atoms with E-state index in [0.29, 0.717) is 41.8 Å². The van der Waals surface area contributed by atoms with Crippen LogP contribution in [0.2, 0.25) is 0 Å². The Balaban J connectivity index is 1.91. The van der Waals surface area contributed by atoms with E-state index in [4.69, 9.17) is 5.73 Å². The fourth-order valence-electron chi connectivity index (χ4n) is 3.13. The van der Waals surface area contributed by atoms with Crippen molar-refractivity contribution < 1.29 is 9.90 Å². The Morgan fingerprint density at radius 2 is 2.11 bits per heavy atom. The molecule has 0 bridgehead atoms. The number of carbonyl (C=O) groups excluding carboxylic acids is 1. The van der Waals surface area contributed by atoms with Crippen LogP contribution in [-0.4, -0.2) is 46.8 Å². The first-order valence-electron chi connectivity index (χ1n) is 8.42. The van der Waals surface area contributed by atoms with Gasteiger partial charge in [0, 0.05) is 25.4 Å². The number of aromatic hydroxyl groups is 1. The minimum atomic E-state index is -0.620. The summed E-state index contributed by atoms with van der Waals surface area (Å²) in [6, 6.07) is 1.65. The number of carbonyl (C=O) groups is 1. The lowest BCUT2D eigenvalue weighted by Crippen LogP contribution is -2.15. The lowest BCUT2D eigenvalue weighted by atomic mass is 10.1. The second-order valence-electron chi connectivity index (χ2n) is 6.24. The van der Waals surface area contributed by atoms with Crippen molar-refractivity contribution in [3.63, 3.8) is 0 Å². The van der Waals surface area contributed by atoms with Gasteiger partial charge in [0.1, 0.15) is 22.8 Å². The number of nitrogens with two attached hydrogens (primary N) is 1. The number of rotatable bonds is 4. The summed E-state index contributed by atoms with van der Waals surface area (Å²) in [7, 11) is 1.72. The molecule has 1 amide bonds. The van der Waals surface area contributed by atoms with Crippen molar-refractivity contribution in [2.45, 2.75) is 26.9 Å². The highest BCUT2D eigenvalue weighted by Crippen LogP contribution is 2.32. The maximum atomic E-state index is 11.7. The van der Waals surface area contributed by atoms with Gasteiger partial charge >= 0.3 is 0 Å². The number of aliphatic imine (C=N–C) groups is 1. The molecule has 4 heterocycles. The lowest BCUT2D eigenvalue weighted by molar-refractivity contribution is 0.0995. The number of aromatic nitrogens is 6. The maximum Gasteiger partial charge on any atom is 0.267 e. The topological polar surface area (TPSA) is 137 Å². The highest BCUT2D eigenvalue weighted by atomic mass is 16.3. The largest absolute Gasteiger partial charge is 0.504 e. The fraction of sp³-hybridized carbons (Fsp3) is 0.294. The molecule has 3 aromatic heterocycles. The van der Waals surface area contributed by atoms with E-state index < -0.39 is 5.91 Å². The molecule has 0 atom stereocenters. The summed E-state index contributed by atoms with van der Waals surface area (Å²) in [5.41, 5.74) is 8.63. The van der Waals surface area contributed by atoms with Gasteiger partial charge in [0.25, 0.3) is 5.91 Å². The third-order valence-electron chi connectivity index (χ3n) is 4.46. The zero-order valence-electron chi connectivity index (χ0n) is 15.1. The Labute approximate surface area is 154 Å². The van der Waals surface area contributed by atoms with E-state index in [1.807, 2.05) is 6.92 Å². The minimum Gasteiger partial charge on any atom is -0.504 e. The lowest BCUT2D eigenvalue weighted by Gasteiger charge is -2.07. The quantitative estimate of drug-likeness (QED) is 0.701. The van der Waals surface area contributed by atoms with Crippen LogP contribution in [0.25, 0.3) is 23.0 Å². The molecule has 1 aliphatic heterocycles. The Bertz CT molecular complexity index is 1110. The molecule has 27 heavy (non-hydrogen) atoms. The molecule has 0 saturated heterocycles. The van der Waals surface area contributed by atoms with Gasteiger partial charge in [0.05, 0.1) is 6.54 Å². The van der Waals surface area contributed by atoms with Gasteiger partial charge in [-0.15, -0.1) is 5.10 Å². The highest BCUT2D eigenvalue weighted by molar-refractivity contribution is 5.96. The average molecular weight is 366 g/mol. The van der Waals surface area contributed by atoms with Gasteiger partial charge in [-0.2, -0.15) is 5.10 Å². The second kappa shape index (κ2) is 6.01. The monoisotopic (exact) mass is 366 g/mol. The van der Waals surface area contributed by atoms with Crippen LogP contribution in [0.15, 0.2) is 11.1 Å². The van der Waals surface area contributed by atoms with Crippen molar-refractivity contribution in [3.05, 3.63) is 28.6 Å². The molecule has 0 radical (unpaired) electrons. The van der Waals surface area contributed by atoms with Gasteiger partial charge in [0.15, 0.2) is 11.6 Å². The molecule has 1 aliphatic rings. The van der Waals surface area contributed by atoms with Crippen molar-refractivity contribution >= 4 is 12.1 Å². The molecule has 10 nitrogen and oxygen atoms in total. The number of nitrogens with zero attached hydrogens (tertiary/aromatic N) is 7. The number of amides is 1. The predicted molar refractivity (Wildman–Crippen MR) is 97.3 cm³/mol. The molecule has 0 aromatic carbocycles. The van der Waals surface area contributed by atoms with Crippen molar-refractivity contribution in [1.82, 2.24) is 29.5 Å². The van der Waals surface area contributed by atoms with Crippen LogP contribution >= 0.6 is 0 Å². The van der Waals surface area contributed by atoms with E-state index >= 15 is 0 Å².